The van der Waals surface area contributed by atoms with E-state index in [2.05, 4.69) is 4.90 Å². The van der Waals surface area contributed by atoms with E-state index in [1.807, 2.05) is 0 Å². The summed E-state index contributed by atoms with van der Waals surface area (Å²) in [5.41, 5.74) is -0.349. The zero-order chi connectivity index (χ0) is 8.60. The summed E-state index contributed by atoms with van der Waals surface area (Å²) in [5, 5.41) is 9.82. The van der Waals surface area contributed by atoms with Crippen LogP contribution in [-0.4, -0.2) is 48.5 Å². The molecule has 70 valence electrons. The molecule has 0 unspecified atom stereocenters. The molecule has 1 aliphatic carbocycles. The van der Waals surface area contributed by atoms with Crippen molar-refractivity contribution in [2.24, 2.45) is 0 Å². The van der Waals surface area contributed by atoms with Gasteiger partial charge < -0.3 is 9.84 Å². The van der Waals surface area contributed by atoms with Crippen molar-refractivity contribution < 1.29 is 9.84 Å². The molecule has 1 saturated heterocycles. The van der Waals surface area contributed by atoms with Gasteiger partial charge in [0, 0.05) is 26.7 Å². The maximum atomic E-state index is 9.82. The molecule has 1 aliphatic heterocycles. The Morgan fingerprint density at radius 3 is 2.58 bits per heavy atom. The van der Waals surface area contributed by atoms with E-state index in [0.29, 0.717) is 6.10 Å². The highest BCUT2D eigenvalue weighted by Gasteiger charge is 2.39. The monoisotopic (exact) mass is 171 g/mol. The fraction of sp³-hybridized carbons (Fsp3) is 1.00. The molecule has 3 nitrogen and oxygen atoms in total. The molecule has 0 aromatic heterocycles. The molecule has 0 bridgehead atoms. The Kier molecular flexibility index (Phi) is 2.10. The number of likely N-dealkylation sites (tertiary alicyclic amines) is 1. The van der Waals surface area contributed by atoms with Gasteiger partial charge in [0.25, 0.3) is 0 Å². The summed E-state index contributed by atoms with van der Waals surface area (Å²) in [4.78, 5) is 2.27. The second-order valence-corrected chi connectivity index (χ2v) is 4.13. The third-order valence-electron chi connectivity index (χ3n) is 3.06. The largest absolute Gasteiger partial charge is 0.389 e. The molecule has 0 amide bonds. The van der Waals surface area contributed by atoms with Crippen LogP contribution in [0.4, 0.5) is 0 Å². The molecule has 1 saturated carbocycles. The quantitative estimate of drug-likeness (QED) is 0.660. The summed E-state index contributed by atoms with van der Waals surface area (Å²) >= 11 is 0. The van der Waals surface area contributed by atoms with E-state index in [4.69, 9.17) is 4.74 Å². The lowest BCUT2D eigenvalue weighted by molar-refractivity contribution is -0.104. The summed E-state index contributed by atoms with van der Waals surface area (Å²) in [6, 6.07) is 0. The molecule has 0 radical (unpaired) electrons. The third kappa shape index (κ3) is 1.49. The van der Waals surface area contributed by atoms with E-state index in [9.17, 15) is 5.11 Å². The molecule has 1 N–H and O–H groups in total. The van der Waals surface area contributed by atoms with Crippen LogP contribution in [0.2, 0.25) is 0 Å². The Morgan fingerprint density at radius 2 is 2.17 bits per heavy atom. The maximum absolute atomic E-state index is 9.82. The van der Waals surface area contributed by atoms with E-state index in [-0.39, 0.29) is 5.60 Å². The topological polar surface area (TPSA) is 32.7 Å². The van der Waals surface area contributed by atoms with E-state index >= 15 is 0 Å². The third-order valence-corrected chi connectivity index (χ3v) is 3.06. The summed E-state index contributed by atoms with van der Waals surface area (Å²) in [7, 11) is 1.75. The summed E-state index contributed by atoms with van der Waals surface area (Å²) in [5.74, 6) is 0. The molecule has 0 aromatic rings. The molecule has 12 heavy (non-hydrogen) atoms. The van der Waals surface area contributed by atoms with Crippen LogP contribution in [0.3, 0.4) is 0 Å². The summed E-state index contributed by atoms with van der Waals surface area (Å²) < 4.78 is 5.16. The lowest BCUT2D eigenvalue weighted by atomic mass is 9.79. The Balaban J connectivity index is 1.69. The van der Waals surface area contributed by atoms with Gasteiger partial charge in [-0.3, -0.25) is 4.90 Å². The van der Waals surface area contributed by atoms with Gasteiger partial charge in [-0.1, -0.05) is 0 Å². The number of ether oxygens (including phenoxy) is 1. The average Bonchev–Trinajstić information content (AvgIpc) is 1.92. The van der Waals surface area contributed by atoms with Crippen LogP contribution in [0.5, 0.6) is 0 Å². The molecule has 3 heteroatoms. The van der Waals surface area contributed by atoms with Gasteiger partial charge in [-0.25, -0.2) is 0 Å². The molecule has 2 aliphatic rings. The standard InChI is InChI=1S/C9H17NO2/c1-12-8-5-10(6-8)7-9(11)3-2-4-9/h8,11H,2-7H2,1H3. The van der Waals surface area contributed by atoms with Crippen molar-refractivity contribution in [3.63, 3.8) is 0 Å². The lowest BCUT2D eigenvalue weighted by Crippen LogP contribution is -2.58. The fourth-order valence-electron chi connectivity index (χ4n) is 1.96. The zero-order valence-electron chi connectivity index (χ0n) is 7.62. The van der Waals surface area contributed by atoms with Gasteiger partial charge in [-0.15, -0.1) is 0 Å². The van der Waals surface area contributed by atoms with Crippen molar-refractivity contribution in [1.29, 1.82) is 0 Å². The number of hydrogen-bond donors (Lipinski definition) is 1. The highest BCUT2D eigenvalue weighted by molar-refractivity contribution is 4.94. The zero-order valence-corrected chi connectivity index (χ0v) is 7.62. The van der Waals surface area contributed by atoms with Crippen LogP contribution in [0, 0.1) is 0 Å². The Morgan fingerprint density at radius 1 is 1.50 bits per heavy atom. The first-order valence-electron chi connectivity index (χ1n) is 4.69. The number of β-amino-alcohol motifs (C(OH)–C–C–N with tert-alkyl or cyclic N) is 1. The molecule has 0 atom stereocenters. The molecular weight excluding hydrogens is 154 g/mol. The summed E-state index contributed by atoms with van der Waals surface area (Å²) in [6.07, 6.45) is 3.58. The van der Waals surface area contributed by atoms with Crippen molar-refractivity contribution in [2.75, 3.05) is 26.7 Å². The van der Waals surface area contributed by atoms with Gasteiger partial charge in [0.15, 0.2) is 0 Å². The SMILES string of the molecule is COC1CN(CC2(O)CCC2)C1. The Hall–Kier alpha value is -0.120. The van der Waals surface area contributed by atoms with Gasteiger partial charge in [-0.2, -0.15) is 0 Å². The van der Waals surface area contributed by atoms with Crippen LogP contribution in [0.1, 0.15) is 19.3 Å². The highest BCUT2D eigenvalue weighted by atomic mass is 16.5. The van der Waals surface area contributed by atoms with Gasteiger partial charge in [0.05, 0.1) is 11.7 Å². The average molecular weight is 171 g/mol. The van der Waals surface area contributed by atoms with Gasteiger partial charge in [-0.05, 0) is 19.3 Å². The molecule has 2 rings (SSSR count). The number of methoxy groups -OCH3 is 1. The van der Waals surface area contributed by atoms with Crippen LogP contribution >= 0.6 is 0 Å². The first kappa shape index (κ1) is 8.48. The van der Waals surface area contributed by atoms with Crippen LogP contribution in [0.15, 0.2) is 0 Å². The lowest BCUT2D eigenvalue weighted by Gasteiger charge is -2.46. The van der Waals surface area contributed by atoms with Crippen molar-refractivity contribution in [1.82, 2.24) is 4.90 Å². The van der Waals surface area contributed by atoms with Crippen molar-refractivity contribution >= 4 is 0 Å². The number of hydrogen-bond acceptors (Lipinski definition) is 3. The first-order valence-corrected chi connectivity index (χ1v) is 4.69. The van der Waals surface area contributed by atoms with E-state index in [0.717, 1.165) is 32.5 Å². The predicted molar refractivity (Wildman–Crippen MR) is 46.0 cm³/mol. The van der Waals surface area contributed by atoms with Gasteiger partial charge in [0.1, 0.15) is 0 Å². The molecular formula is C9H17NO2. The molecule has 0 spiro atoms. The Labute approximate surface area is 73.3 Å². The molecule has 0 aromatic carbocycles. The first-order chi connectivity index (χ1) is 5.72. The second kappa shape index (κ2) is 2.98. The second-order valence-electron chi connectivity index (χ2n) is 4.13. The normalized spacial score (nSPS) is 29.5. The maximum Gasteiger partial charge on any atom is 0.0824 e. The van der Waals surface area contributed by atoms with Gasteiger partial charge in [0.2, 0.25) is 0 Å². The van der Waals surface area contributed by atoms with Crippen molar-refractivity contribution in [3.05, 3.63) is 0 Å². The number of rotatable bonds is 3. The minimum Gasteiger partial charge on any atom is -0.389 e. The predicted octanol–water partition coefficient (Wildman–Crippen LogP) is 0.232. The minimum absolute atomic E-state index is 0.349. The van der Waals surface area contributed by atoms with Crippen molar-refractivity contribution in [2.45, 2.75) is 31.0 Å². The number of aliphatic hydroxyl groups is 1. The van der Waals surface area contributed by atoms with E-state index in [1.54, 1.807) is 7.11 Å². The Bertz CT molecular complexity index is 162. The van der Waals surface area contributed by atoms with Crippen LogP contribution < -0.4 is 0 Å². The highest BCUT2D eigenvalue weighted by Crippen LogP contribution is 2.33. The van der Waals surface area contributed by atoms with Gasteiger partial charge >= 0.3 is 0 Å². The molecule has 2 fully saturated rings. The van der Waals surface area contributed by atoms with E-state index < -0.39 is 0 Å². The van der Waals surface area contributed by atoms with E-state index in [1.165, 1.54) is 6.42 Å². The summed E-state index contributed by atoms with van der Waals surface area (Å²) in [6.45, 7) is 2.85. The van der Waals surface area contributed by atoms with Crippen LogP contribution in [-0.2, 0) is 4.74 Å². The minimum atomic E-state index is -0.349. The van der Waals surface area contributed by atoms with Crippen LogP contribution in [0.25, 0.3) is 0 Å². The fourth-order valence-corrected chi connectivity index (χ4v) is 1.96. The molecule has 1 heterocycles. The van der Waals surface area contributed by atoms with Crippen molar-refractivity contribution in [3.8, 4) is 0 Å². The smallest absolute Gasteiger partial charge is 0.0824 e. The number of nitrogens with zero attached hydrogens (tertiary/aromatic N) is 1.